The summed E-state index contributed by atoms with van der Waals surface area (Å²) in [4.78, 5) is 19.2. The van der Waals surface area contributed by atoms with E-state index in [1.807, 2.05) is 30.5 Å². The molecule has 28 heavy (non-hydrogen) atoms. The van der Waals surface area contributed by atoms with Gasteiger partial charge in [-0.25, -0.2) is 9.86 Å². The summed E-state index contributed by atoms with van der Waals surface area (Å²) < 4.78 is 0. The van der Waals surface area contributed by atoms with Gasteiger partial charge in [0.1, 0.15) is 5.84 Å². The topological polar surface area (TPSA) is 94.7 Å². The molecule has 0 unspecified atom stereocenters. The van der Waals surface area contributed by atoms with E-state index in [1.165, 1.54) is 16.4 Å². The summed E-state index contributed by atoms with van der Waals surface area (Å²) in [5, 5.41) is 14.8. The van der Waals surface area contributed by atoms with Crippen molar-refractivity contribution in [1.82, 2.24) is 9.96 Å². The Balaban J connectivity index is 1.84. The maximum atomic E-state index is 12.2. The number of amidine groups is 1. The molecule has 1 aromatic carbocycles. The van der Waals surface area contributed by atoms with Crippen molar-refractivity contribution in [1.29, 1.82) is 5.41 Å². The van der Waals surface area contributed by atoms with Gasteiger partial charge in [-0.3, -0.25) is 10.2 Å². The van der Waals surface area contributed by atoms with Gasteiger partial charge < -0.3 is 16.0 Å². The Hall–Kier alpha value is -3.02. The highest BCUT2D eigenvalue weighted by Crippen LogP contribution is 2.26. The zero-order valence-corrected chi connectivity index (χ0v) is 16.9. The molecule has 0 bridgehead atoms. The van der Waals surface area contributed by atoms with Crippen LogP contribution in [0, 0.1) is 24.2 Å². The number of benzene rings is 1. The zero-order chi connectivity index (χ0) is 20.3. The molecule has 4 N–H and O–H groups in total. The smallest absolute Gasteiger partial charge is 0.345 e. The van der Waals surface area contributed by atoms with E-state index in [-0.39, 0.29) is 6.03 Å². The zero-order valence-electron chi connectivity index (χ0n) is 16.1. The number of hydrogen-bond donors (Lipinski definition) is 3. The number of hydrogen-bond acceptors (Lipinski definition) is 5. The Morgan fingerprint density at radius 1 is 1.36 bits per heavy atom. The monoisotopic (exact) mass is 397 g/mol. The fourth-order valence-corrected chi connectivity index (χ4v) is 3.44. The Bertz CT molecular complexity index is 965. The van der Waals surface area contributed by atoms with E-state index in [0.29, 0.717) is 35.2 Å². The minimum atomic E-state index is -0.285. The van der Waals surface area contributed by atoms with Crippen LogP contribution in [0.15, 0.2) is 23.6 Å². The van der Waals surface area contributed by atoms with Crippen LogP contribution in [0.2, 0.25) is 0 Å². The highest BCUT2D eigenvalue weighted by atomic mass is 32.1. The summed E-state index contributed by atoms with van der Waals surface area (Å²) in [6.45, 7) is 3.11. The van der Waals surface area contributed by atoms with Crippen LogP contribution >= 0.6 is 11.3 Å². The van der Waals surface area contributed by atoms with Gasteiger partial charge in [0.05, 0.1) is 23.7 Å². The van der Waals surface area contributed by atoms with E-state index in [4.69, 9.17) is 16.0 Å². The summed E-state index contributed by atoms with van der Waals surface area (Å²) in [6.07, 6.45) is 0.839. The van der Waals surface area contributed by atoms with Crippen LogP contribution < -0.4 is 11.1 Å². The Morgan fingerprint density at radius 3 is 2.79 bits per heavy atom. The van der Waals surface area contributed by atoms with Crippen molar-refractivity contribution >= 4 is 33.9 Å². The molecule has 8 heteroatoms. The molecule has 0 radical (unpaired) electrons. The SMILES string of the molecule is Cc1ccc(NC(=O)N2CCCO2)cc1C#Cc1csc(N)c1C(=N)N(C)C. The number of amides is 2. The molecule has 2 amide bonds. The molecule has 0 aliphatic carbocycles. The molecule has 7 nitrogen and oxygen atoms in total. The lowest BCUT2D eigenvalue weighted by Gasteiger charge is -2.15. The van der Waals surface area contributed by atoms with Crippen LogP contribution in [0.5, 0.6) is 0 Å². The van der Waals surface area contributed by atoms with Crippen molar-refractivity contribution in [3.63, 3.8) is 0 Å². The van der Waals surface area contributed by atoms with Gasteiger partial charge in [-0.1, -0.05) is 17.9 Å². The largest absolute Gasteiger partial charge is 0.390 e. The van der Waals surface area contributed by atoms with Crippen LogP contribution in [0.3, 0.4) is 0 Å². The number of urea groups is 1. The van der Waals surface area contributed by atoms with E-state index in [1.54, 1.807) is 19.0 Å². The summed E-state index contributed by atoms with van der Waals surface area (Å²) in [5.41, 5.74) is 9.86. The van der Waals surface area contributed by atoms with Gasteiger partial charge in [-0.2, -0.15) is 0 Å². The van der Waals surface area contributed by atoms with Crippen LogP contribution in [0.1, 0.15) is 28.7 Å². The van der Waals surface area contributed by atoms with Crippen molar-refractivity contribution in [2.45, 2.75) is 13.3 Å². The van der Waals surface area contributed by atoms with Crippen LogP contribution in [-0.4, -0.2) is 49.1 Å². The molecule has 0 spiro atoms. The highest BCUT2D eigenvalue weighted by molar-refractivity contribution is 7.14. The number of carbonyl (C=O) groups excluding carboxylic acids is 1. The molecule has 0 atom stereocenters. The van der Waals surface area contributed by atoms with Gasteiger partial charge in [0.25, 0.3) is 0 Å². The van der Waals surface area contributed by atoms with Gasteiger partial charge >= 0.3 is 6.03 Å². The normalized spacial score (nSPS) is 13.0. The molecule has 1 fully saturated rings. The van der Waals surface area contributed by atoms with E-state index >= 15 is 0 Å². The molecule has 2 aromatic rings. The number of nitrogens with zero attached hydrogens (tertiary/aromatic N) is 2. The van der Waals surface area contributed by atoms with E-state index in [2.05, 4.69) is 17.2 Å². The average Bonchev–Trinajstić information content (AvgIpc) is 3.31. The maximum Gasteiger partial charge on any atom is 0.345 e. The molecule has 1 aliphatic rings. The van der Waals surface area contributed by atoms with Crippen LogP contribution in [0.25, 0.3) is 0 Å². The summed E-state index contributed by atoms with van der Waals surface area (Å²) in [7, 11) is 3.61. The standard InChI is InChI=1S/C20H23N5O2S/c1-13-5-8-16(23-20(26)25-9-4-10-27-25)11-14(13)6-7-15-12-28-19(22)17(15)18(21)24(2)3/h5,8,11-12,21H,4,9-10,22H2,1-3H3,(H,23,26). The highest BCUT2D eigenvalue weighted by Gasteiger charge is 2.19. The molecular formula is C20H23N5O2S. The Labute approximate surface area is 168 Å². The molecule has 2 heterocycles. The molecule has 0 saturated carbocycles. The number of anilines is 2. The van der Waals surface area contributed by atoms with Crippen LogP contribution in [0.4, 0.5) is 15.5 Å². The number of thiophene rings is 1. The third-order valence-electron chi connectivity index (χ3n) is 4.30. The number of nitrogens with one attached hydrogen (secondary N) is 2. The van der Waals surface area contributed by atoms with E-state index < -0.39 is 0 Å². The second kappa shape index (κ2) is 8.33. The van der Waals surface area contributed by atoms with Crippen molar-refractivity contribution in [2.75, 3.05) is 38.3 Å². The minimum Gasteiger partial charge on any atom is -0.390 e. The molecule has 146 valence electrons. The summed E-state index contributed by atoms with van der Waals surface area (Å²) in [6, 6.07) is 5.30. The summed E-state index contributed by atoms with van der Waals surface area (Å²) >= 11 is 1.37. The van der Waals surface area contributed by atoms with E-state index in [9.17, 15) is 4.79 Å². The predicted octanol–water partition coefficient (Wildman–Crippen LogP) is 3.09. The lowest BCUT2D eigenvalue weighted by atomic mass is 10.1. The Morgan fingerprint density at radius 2 is 2.11 bits per heavy atom. The summed E-state index contributed by atoms with van der Waals surface area (Å²) in [5.74, 6) is 6.60. The number of aryl methyl sites for hydroxylation is 1. The first-order valence-electron chi connectivity index (χ1n) is 8.84. The van der Waals surface area contributed by atoms with Gasteiger partial charge in [0.15, 0.2) is 0 Å². The van der Waals surface area contributed by atoms with Crippen molar-refractivity contribution in [3.05, 3.63) is 45.8 Å². The lowest BCUT2D eigenvalue weighted by molar-refractivity contribution is -0.0614. The first-order valence-corrected chi connectivity index (χ1v) is 9.72. The number of hydroxylamine groups is 2. The van der Waals surface area contributed by atoms with Crippen molar-refractivity contribution < 1.29 is 9.63 Å². The number of rotatable bonds is 2. The predicted molar refractivity (Wildman–Crippen MR) is 113 cm³/mol. The number of carbonyl (C=O) groups is 1. The van der Waals surface area contributed by atoms with E-state index in [0.717, 1.165) is 23.1 Å². The quantitative estimate of drug-likeness (QED) is 0.412. The van der Waals surface area contributed by atoms with Gasteiger partial charge in [-0.15, -0.1) is 11.3 Å². The molecule has 1 aromatic heterocycles. The number of nitrogens with two attached hydrogens (primary N) is 1. The van der Waals surface area contributed by atoms with Crippen molar-refractivity contribution in [2.24, 2.45) is 0 Å². The molecule has 1 saturated heterocycles. The third kappa shape index (κ3) is 4.27. The number of nitrogen functional groups attached to an aromatic ring is 1. The molecule has 3 rings (SSSR count). The first kappa shape index (κ1) is 19.7. The fourth-order valence-electron chi connectivity index (χ4n) is 2.70. The molecular weight excluding hydrogens is 374 g/mol. The Kier molecular flexibility index (Phi) is 5.87. The van der Waals surface area contributed by atoms with Crippen molar-refractivity contribution in [3.8, 4) is 11.8 Å². The van der Waals surface area contributed by atoms with Gasteiger partial charge in [0, 0.05) is 36.3 Å². The minimum absolute atomic E-state index is 0.285. The average molecular weight is 398 g/mol. The fraction of sp³-hybridized carbons (Fsp3) is 0.300. The molecule has 1 aliphatic heterocycles. The lowest BCUT2D eigenvalue weighted by Crippen LogP contribution is -2.31. The first-order chi connectivity index (χ1) is 13.4. The second-order valence-corrected chi connectivity index (χ2v) is 7.54. The third-order valence-corrected chi connectivity index (χ3v) is 5.11. The maximum absolute atomic E-state index is 12.2. The van der Waals surface area contributed by atoms with Gasteiger partial charge in [0.2, 0.25) is 0 Å². The second-order valence-electron chi connectivity index (χ2n) is 6.63. The van der Waals surface area contributed by atoms with Gasteiger partial charge in [-0.05, 0) is 31.0 Å². The van der Waals surface area contributed by atoms with Crippen LogP contribution in [-0.2, 0) is 4.84 Å².